The molecule has 1 unspecified atom stereocenters. The third-order valence-corrected chi connectivity index (χ3v) is 4.54. The number of amides is 1. The molecule has 0 radical (unpaired) electrons. The van der Waals surface area contributed by atoms with Crippen LogP contribution in [0.5, 0.6) is 0 Å². The summed E-state index contributed by atoms with van der Waals surface area (Å²) < 4.78 is 4.71. The minimum Gasteiger partial charge on any atom is -0.465 e. The Labute approximate surface area is 122 Å². The molecule has 1 atom stereocenters. The fourth-order valence-corrected chi connectivity index (χ4v) is 3.60. The molecule has 19 heavy (non-hydrogen) atoms. The summed E-state index contributed by atoms with van der Waals surface area (Å²) in [5.74, 6) is 0. The molecule has 0 aliphatic heterocycles. The van der Waals surface area contributed by atoms with E-state index in [4.69, 9.17) is 5.11 Å². The second-order valence-corrected chi connectivity index (χ2v) is 5.74. The van der Waals surface area contributed by atoms with Gasteiger partial charge in [0.1, 0.15) is 5.01 Å². The van der Waals surface area contributed by atoms with E-state index in [0.717, 1.165) is 29.0 Å². The van der Waals surface area contributed by atoms with Crippen LogP contribution in [-0.4, -0.2) is 20.6 Å². The van der Waals surface area contributed by atoms with Gasteiger partial charge in [0.2, 0.25) is 4.73 Å². The predicted molar refractivity (Wildman–Crippen MR) is 75.3 cm³/mol. The molecule has 0 fully saturated rings. The van der Waals surface area contributed by atoms with Crippen molar-refractivity contribution in [3.63, 3.8) is 0 Å². The van der Waals surface area contributed by atoms with Gasteiger partial charge in [0.15, 0.2) is 0 Å². The van der Waals surface area contributed by atoms with Crippen molar-refractivity contribution in [2.75, 3.05) is 0 Å². The van der Waals surface area contributed by atoms with Crippen molar-refractivity contribution in [1.82, 2.24) is 14.7 Å². The molecule has 1 amide bonds. The summed E-state index contributed by atoms with van der Waals surface area (Å²) in [6, 6.07) is 5.80. The molecular weight excluding hydrogens is 330 g/mol. The first-order valence-electron chi connectivity index (χ1n) is 5.76. The highest BCUT2D eigenvalue weighted by molar-refractivity contribution is 9.10. The van der Waals surface area contributed by atoms with Gasteiger partial charge in [-0.15, -0.1) is 0 Å². The second kappa shape index (κ2) is 4.90. The van der Waals surface area contributed by atoms with Gasteiger partial charge in [-0.3, -0.25) is 0 Å². The topological polar surface area (TPSA) is 75.1 Å². The van der Waals surface area contributed by atoms with E-state index in [-0.39, 0.29) is 6.04 Å². The minimum atomic E-state index is -0.984. The van der Waals surface area contributed by atoms with Gasteiger partial charge in [0, 0.05) is 5.56 Å². The molecule has 98 valence electrons. The Bertz CT molecular complexity index is 644. The highest BCUT2D eigenvalue weighted by Gasteiger charge is 2.26. The van der Waals surface area contributed by atoms with Crippen LogP contribution < -0.4 is 5.32 Å². The van der Waals surface area contributed by atoms with Crippen LogP contribution in [0.3, 0.4) is 0 Å². The summed E-state index contributed by atoms with van der Waals surface area (Å²) >= 11 is 4.59. The Morgan fingerprint density at radius 2 is 2.37 bits per heavy atom. The van der Waals surface area contributed by atoms with Gasteiger partial charge < -0.3 is 10.4 Å². The number of fused-ring (bicyclic) bond motifs is 1. The first-order valence-corrected chi connectivity index (χ1v) is 7.32. The van der Waals surface area contributed by atoms with Crippen LogP contribution in [-0.2, 0) is 6.42 Å². The van der Waals surface area contributed by atoms with E-state index in [2.05, 4.69) is 30.6 Å². The number of nitrogens with one attached hydrogen (secondary N) is 1. The molecule has 0 spiro atoms. The molecule has 3 rings (SSSR count). The number of aromatic nitrogens is 2. The predicted octanol–water partition coefficient (Wildman–Crippen LogP) is 3.22. The fourth-order valence-electron chi connectivity index (χ4n) is 2.47. The number of rotatable bonds is 2. The second-order valence-electron chi connectivity index (χ2n) is 4.28. The van der Waals surface area contributed by atoms with Crippen LogP contribution in [0.1, 0.15) is 23.6 Å². The molecule has 0 saturated carbocycles. The first-order chi connectivity index (χ1) is 9.15. The Kier molecular flexibility index (Phi) is 3.24. The highest BCUT2D eigenvalue weighted by atomic mass is 79.9. The summed E-state index contributed by atoms with van der Waals surface area (Å²) in [7, 11) is 0. The number of carbonyl (C=O) groups is 1. The molecule has 1 aliphatic carbocycles. The van der Waals surface area contributed by atoms with Gasteiger partial charge in [0.25, 0.3) is 0 Å². The molecule has 1 aromatic heterocycles. The molecule has 1 aliphatic rings. The molecule has 5 nitrogen and oxygen atoms in total. The molecule has 7 heteroatoms. The normalized spacial score (nSPS) is 17.2. The SMILES string of the molecule is O=C(O)NC1CCc2c(-c3nc(Br)ns3)cccc21. The van der Waals surface area contributed by atoms with Gasteiger partial charge >= 0.3 is 6.09 Å². The van der Waals surface area contributed by atoms with Gasteiger partial charge in [-0.25, -0.2) is 9.78 Å². The average molecular weight is 340 g/mol. The number of benzene rings is 1. The van der Waals surface area contributed by atoms with Crippen LogP contribution in [0.15, 0.2) is 22.9 Å². The molecule has 1 aromatic carbocycles. The van der Waals surface area contributed by atoms with Crippen molar-refractivity contribution in [3.8, 4) is 10.6 Å². The van der Waals surface area contributed by atoms with E-state index in [9.17, 15) is 4.79 Å². The summed E-state index contributed by atoms with van der Waals surface area (Å²) in [5, 5.41) is 12.3. The maximum Gasteiger partial charge on any atom is 0.405 e. The maximum absolute atomic E-state index is 10.8. The first kappa shape index (κ1) is 12.6. The Balaban J connectivity index is 2.02. The summed E-state index contributed by atoms with van der Waals surface area (Å²) in [6.07, 6.45) is 0.661. The summed E-state index contributed by atoms with van der Waals surface area (Å²) in [4.78, 5) is 15.1. The van der Waals surface area contributed by atoms with E-state index >= 15 is 0 Å². The number of hydrogen-bond donors (Lipinski definition) is 2. The quantitative estimate of drug-likeness (QED) is 0.880. The van der Waals surface area contributed by atoms with Crippen molar-refractivity contribution >= 4 is 33.6 Å². The summed E-state index contributed by atoms with van der Waals surface area (Å²) in [6.45, 7) is 0. The molecule has 1 heterocycles. The lowest BCUT2D eigenvalue weighted by Gasteiger charge is -2.11. The molecule has 0 bridgehead atoms. The van der Waals surface area contributed by atoms with Crippen LogP contribution in [0.2, 0.25) is 0 Å². The third kappa shape index (κ3) is 2.35. The van der Waals surface area contributed by atoms with Gasteiger partial charge in [-0.2, -0.15) is 4.37 Å². The van der Waals surface area contributed by atoms with Crippen molar-refractivity contribution in [1.29, 1.82) is 0 Å². The highest BCUT2D eigenvalue weighted by Crippen LogP contribution is 2.38. The number of halogens is 1. The van der Waals surface area contributed by atoms with E-state index in [0.29, 0.717) is 4.73 Å². The van der Waals surface area contributed by atoms with E-state index < -0.39 is 6.09 Å². The minimum absolute atomic E-state index is 0.121. The lowest BCUT2D eigenvalue weighted by molar-refractivity contribution is 0.190. The fraction of sp³-hybridized carbons (Fsp3) is 0.250. The lowest BCUT2D eigenvalue weighted by Crippen LogP contribution is -2.24. The average Bonchev–Trinajstić information content (AvgIpc) is 2.96. The van der Waals surface area contributed by atoms with Crippen molar-refractivity contribution in [3.05, 3.63) is 34.1 Å². The van der Waals surface area contributed by atoms with Crippen LogP contribution >= 0.6 is 27.5 Å². The van der Waals surface area contributed by atoms with Crippen molar-refractivity contribution in [2.45, 2.75) is 18.9 Å². The lowest BCUT2D eigenvalue weighted by atomic mass is 10.0. The van der Waals surface area contributed by atoms with E-state index in [1.165, 1.54) is 17.1 Å². The number of carboxylic acid groups (broad SMARTS) is 1. The molecule has 0 saturated heterocycles. The van der Waals surface area contributed by atoms with E-state index in [1.807, 2.05) is 18.2 Å². The van der Waals surface area contributed by atoms with E-state index in [1.54, 1.807) is 0 Å². The van der Waals surface area contributed by atoms with Crippen LogP contribution in [0.25, 0.3) is 10.6 Å². The number of hydrogen-bond acceptors (Lipinski definition) is 4. The Morgan fingerprint density at radius 3 is 3.05 bits per heavy atom. The zero-order valence-corrected chi connectivity index (χ0v) is 12.2. The number of nitrogens with zero attached hydrogens (tertiary/aromatic N) is 2. The Morgan fingerprint density at radius 1 is 1.53 bits per heavy atom. The summed E-state index contributed by atoms with van der Waals surface area (Å²) in [5.41, 5.74) is 3.27. The monoisotopic (exact) mass is 339 g/mol. The van der Waals surface area contributed by atoms with Crippen LogP contribution in [0.4, 0.5) is 4.79 Å². The zero-order valence-electron chi connectivity index (χ0n) is 9.76. The van der Waals surface area contributed by atoms with Crippen LogP contribution in [0, 0.1) is 0 Å². The molecule has 2 aromatic rings. The van der Waals surface area contributed by atoms with Gasteiger partial charge in [-0.1, -0.05) is 18.2 Å². The maximum atomic E-state index is 10.8. The molecule has 2 N–H and O–H groups in total. The Hall–Kier alpha value is -1.47. The van der Waals surface area contributed by atoms with Gasteiger partial charge in [0.05, 0.1) is 6.04 Å². The van der Waals surface area contributed by atoms with Crippen molar-refractivity contribution < 1.29 is 9.90 Å². The largest absolute Gasteiger partial charge is 0.465 e. The smallest absolute Gasteiger partial charge is 0.405 e. The standard InChI is InChI=1S/C12H10BrN3O2S/c13-11-15-10(19-16-11)8-3-1-2-7-6(8)4-5-9(7)14-12(17)18/h1-3,9,14H,4-5H2,(H,17,18). The third-order valence-electron chi connectivity index (χ3n) is 3.20. The molecular formula is C12H10BrN3O2S. The van der Waals surface area contributed by atoms with Crippen molar-refractivity contribution in [2.24, 2.45) is 0 Å². The zero-order chi connectivity index (χ0) is 13.4. The van der Waals surface area contributed by atoms with Gasteiger partial charge in [-0.05, 0) is 51.4 Å².